The van der Waals surface area contributed by atoms with Crippen molar-refractivity contribution in [2.24, 2.45) is 4.99 Å². The zero-order chi connectivity index (χ0) is 18.7. The lowest BCUT2D eigenvalue weighted by Crippen LogP contribution is -2.53. The van der Waals surface area contributed by atoms with Gasteiger partial charge < -0.3 is 15.5 Å². The normalized spacial score (nSPS) is 19.6. The molecule has 4 heteroatoms. The van der Waals surface area contributed by atoms with E-state index in [-0.39, 0.29) is 5.54 Å². The monoisotopic (exact) mass is 362 g/mol. The molecule has 0 atom stereocenters. The molecule has 0 saturated heterocycles. The Morgan fingerprint density at radius 2 is 1.67 bits per heavy atom. The molecule has 1 fully saturated rings. The topological polar surface area (TPSA) is 39.7 Å². The quantitative estimate of drug-likeness (QED) is 0.814. The van der Waals surface area contributed by atoms with Crippen LogP contribution in [0.2, 0.25) is 0 Å². The fraction of sp³-hybridized carbons (Fsp3) is 0.435. The minimum Gasteiger partial charge on any atom is -0.371 e. The van der Waals surface area contributed by atoms with Crippen LogP contribution in [0.25, 0.3) is 0 Å². The third kappa shape index (κ3) is 4.01. The standard InChI is InChI=1S/C23H30N4/c1-27(2)17-19-10-8-9-18(15-19)16-24-22-23(13-6-3-7-14-23)26-21-12-5-4-11-20(21)25-22/h4-5,8-12,15,26H,3,6-7,13-14,16-17H2,1-2H3,(H,24,25). The van der Waals surface area contributed by atoms with Gasteiger partial charge in [-0.1, -0.05) is 55.7 Å². The van der Waals surface area contributed by atoms with Gasteiger partial charge in [-0.2, -0.15) is 0 Å². The van der Waals surface area contributed by atoms with Crippen molar-refractivity contribution in [2.75, 3.05) is 24.7 Å². The van der Waals surface area contributed by atoms with Gasteiger partial charge in [-0.15, -0.1) is 0 Å². The minimum absolute atomic E-state index is 0.0339. The Morgan fingerprint density at radius 1 is 0.926 bits per heavy atom. The Balaban J connectivity index is 1.60. The third-order valence-corrected chi connectivity index (χ3v) is 5.62. The zero-order valence-electron chi connectivity index (χ0n) is 16.5. The SMILES string of the molecule is CN(C)Cc1cccc(CN=C2Nc3ccccc3NC23CCCCC3)c1. The number of nitrogens with one attached hydrogen (secondary N) is 2. The molecule has 142 valence electrons. The van der Waals surface area contributed by atoms with E-state index in [2.05, 4.69) is 78.2 Å². The summed E-state index contributed by atoms with van der Waals surface area (Å²) in [5.74, 6) is 1.11. The van der Waals surface area contributed by atoms with Crippen molar-refractivity contribution in [3.8, 4) is 0 Å². The van der Waals surface area contributed by atoms with Crippen molar-refractivity contribution < 1.29 is 0 Å². The molecule has 27 heavy (non-hydrogen) atoms. The summed E-state index contributed by atoms with van der Waals surface area (Å²) in [5, 5.41) is 7.49. The van der Waals surface area contributed by atoms with Gasteiger partial charge in [-0.25, -0.2) is 0 Å². The van der Waals surface area contributed by atoms with Crippen LogP contribution in [0.4, 0.5) is 11.4 Å². The van der Waals surface area contributed by atoms with Crippen LogP contribution >= 0.6 is 0 Å². The molecular formula is C23H30N4. The number of anilines is 2. The van der Waals surface area contributed by atoms with E-state index in [1.54, 1.807) is 0 Å². The maximum atomic E-state index is 5.08. The van der Waals surface area contributed by atoms with E-state index in [9.17, 15) is 0 Å². The summed E-state index contributed by atoms with van der Waals surface area (Å²) >= 11 is 0. The van der Waals surface area contributed by atoms with Gasteiger partial charge in [0.1, 0.15) is 5.84 Å². The molecule has 4 nitrogen and oxygen atoms in total. The number of hydrogen-bond donors (Lipinski definition) is 2. The van der Waals surface area contributed by atoms with Crippen molar-refractivity contribution in [3.63, 3.8) is 0 Å². The highest BCUT2D eigenvalue weighted by Gasteiger charge is 2.40. The summed E-state index contributed by atoms with van der Waals surface area (Å²) < 4.78 is 0. The summed E-state index contributed by atoms with van der Waals surface area (Å²) in [4.78, 5) is 7.28. The summed E-state index contributed by atoms with van der Waals surface area (Å²) in [5.41, 5.74) is 4.91. The Bertz CT molecular complexity index is 819. The van der Waals surface area contributed by atoms with E-state index >= 15 is 0 Å². The van der Waals surface area contributed by atoms with Crippen molar-refractivity contribution in [1.29, 1.82) is 0 Å². The smallest absolute Gasteiger partial charge is 0.127 e. The molecule has 1 aliphatic heterocycles. The van der Waals surface area contributed by atoms with E-state index in [1.165, 1.54) is 36.1 Å². The average molecular weight is 363 g/mol. The second kappa shape index (κ2) is 7.73. The number of nitrogens with zero attached hydrogens (tertiary/aromatic N) is 2. The Morgan fingerprint density at radius 3 is 2.44 bits per heavy atom. The number of fused-ring (bicyclic) bond motifs is 1. The van der Waals surface area contributed by atoms with Crippen molar-refractivity contribution >= 4 is 17.2 Å². The maximum Gasteiger partial charge on any atom is 0.127 e. The molecule has 2 aromatic carbocycles. The van der Waals surface area contributed by atoms with E-state index in [4.69, 9.17) is 4.99 Å². The van der Waals surface area contributed by atoms with Crippen molar-refractivity contribution in [3.05, 3.63) is 59.7 Å². The molecule has 0 radical (unpaired) electrons. The number of rotatable bonds is 4. The molecule has 1 spiro atoms. The van der Waals surface area contributed by atoms with Crippen LogP contribution in [0.15, 0.2) is 53.5 Å². The Hall–Kier alpha value is -2.33. The van der Waals surface area contributed by atoms with Gasteiger partial charge in [-0.3, -0.25) is 4.99 Å². The lowest BCUT2D eigenvalue weighted by molar-refractivity contribution is 0.402. The number of para-hydroxylation sites is 2. The van der Waals surface area contributed by atoms with Crippen molar-refractivity contribution in [2.45, 2.75) is 50.7 Å². The first kappa shape index (κ1) is 18.1. The summed E-state index contributed by atoms with van der Waals surface area (Å²) in [6.07, 6.45) is 6.13. The average Bonchev–Trinajstić information content (AvgIpc) is 2.67. The fourth-order valence-corrected chi connectivity index (χ4v) is 4.34. The lowest BCUT2D eigenvalue weighted by Gasteiger charge is -2.44. The lowest BCUT2D eigenvalue weighted by atomic mass is 9.79. The summed E-state index contributed by atoms with van der Waals surface area (Å²) in [6, 6.07) is 17.3. The van der Waals surface area contributed by atoms with Crippen LogP contribution < -0.4 is 10.6 Å². The number of aliphatic imine (C=N–C) groups is 1. The van der Waals surface area contributed by atoms with E-state index < -0.39 is 0 Å². The number of amidine groups is 1. The van der Waals surface area contributed by atoms with Gasteiger partial charge in [0.05, 0.1) is 23.5 Å². The van der Waals surface area contributed by atoms with Gasteiger partial charge in [0, 0.05) is 6.54 Å². The van der Waals surface area contributed by atoms with Crippen LogP contribution in [0, 0.1) is 0 Å². The minimum atomic E-state index is -0.0339. The molecule has 2 aliphatic rings. The van der Waals surface area contributed by atoms with Crippen LogP contribution in [0.1, 0.15) is 43.2 Å². The van der Waals surface area contributed by atoms with E-state index in [0.717, 1.165) is 37.5 Å². The van der Waals surface area contributed by atoms with Crippen LogP contribution in [0.5, 0.6) is 0 Å². The summed E-state index contributed by atoms with van der Waals surface area (Å²) in [6.45, 7) is 1.68. The van der Waals surface area contributed by atoms with Gasteiger partial charge in [0.25, 0.3) is 0 Å². The summed E-state index contributed by atoms with van der Waals surface area (Å²) in [7, 11) is 4.21. The van der Waals surface area contributed by atoms with Crippen LogP contribution in [-0.4, -0.2) is 30.4 Å². The van der Waals surface area contributed by atoms with E-state index in [0.29, 0.717) is 0 Å². The number of benzene rings is 2. The first-order valence-electron chi connectivity index (χ1n) is 10.1. The number of hydrogen-bond acceptors (Lipinski definition) is 3. The molecule has 1 saturated carbocycles. The molecule has 1 heterocycles. The Labute approximate surface area is 162 Å². The molecule has 1 aliphatic carbocycles. The van der Waals surface area contributed by atoms with Crippen LogP contribution in [-0.2, 0) is 13.1 Å². The first-order valence-corrected chi connectivity index (χ1v) is 10.1. The van der Waals surface area contributed by atoms with Gasteiger partial charge in [0.2, 0.25) is 0 Å². The molecule has 2 aromatic rings. The highest BCUT2D eigenvalue weighted by Crippen LogP contribution is 2.39. The molecule has 0 amide bonds. The molecule has 4 rings (SSSR count). The predicted molar refractivity (Wildman–Crippen MR) is 114 cm³/mol. The van der Waals surface area contributed by atoms with Gasteiger partial charge >= 0.3 is 0 Å². The fourth-order valence-electron chi connectivity index (χ4n) is 4.34. The molecule has 0 unspecified atom stereocenters. The van der Waals surface area contributed by atoms with Crippen molar-refractivity contribution in [1.82, 2.24) is 4.90 Å². The molecular weight excluding hydrogens is 332 g/mol. The maximum absolute atomic E-state index is 5.08. The highest BCUT2D eigenvalue weighted by molar-refractivity contribution is 6.09. The second-order valence-electron chi connectivity index (χ2n) is 8.16. The third-order valence-electron chi connectivity index (χ3n) is 5.62. The van der Waals surface area contributed by atoms with Crippen LogP contribution in [0.3, 0.4) is 0 Å². The molecule has 0 aromatic heterocycles. The predicted octanol–water partition coefficient (Wildman–Crippen LogP) is 4.89. The first-order chi connectivity index (χ1) is 13.1. The second-order valence-corrected chi connectivity index (χ2v) is 8.16. The van der Waals surface area contributed by atoms with Gasteiger partial charge in [-0.05, 0) is 50.2 Å². The Kier molecular flexibility index (Phi) is 5.17. The molecule has 0 bridgehead atoms. The zero-order valence-corrected chi connectivity index (χ0v) is 16.5. The van der Waals surface area contributed by atoms with E-state index in [1.807, 2.05) is 0 Å². The molecule has 2 N–H and O–H groups in total. The largest absolute Gasteiger partial charge is 0.371 e. The highest BCUT2D eigenvalue weighted by atomic mass is 15.2. The van der Waals surface area contributed by atoms with Gasteiger partial charge in [0.15, 0.2) is 0 Å².